The molecule has 0 saturated carbocycles. The number of amides is 2. The maximum Gasteiger partial charge on any atom is 0.414 e. The van der Waals surface area contributed by atoms with Crippen molar-refractivity contribution >= 4 is 23.9 Å². The summed E-state index contributed by atoms with van der Waals surface area (Å²) in [6.45, 7) is 3.55. The van der Waals surface area contributed by atoms with E-state index in [0.29, 0.717) is 17.9 Å². The number of carbonyl (C=O) groups excluding carboxylic acids is 2. The molecule has 0 aromatic heterocycles. The van der Waals surface area contributed by atoms with E-state index in [1.54, 1.807) is 67.2 Å². The number of thioether (sulfide) groups is 1. The van der Waals surface area contributed by atoms with Gasteiger partial charge in [0.05, 0.1) is 12.1 Å². The smallest absolute Gasteiger partial charge is 0.410 e. The van der Waals surface area contributed by atoms with Crippen LogP contribution in [0.25, 0.3) is 0 Å². The van der Waals surface area contributed by atoms with Crippen LogP contribution in [0.5, 0.6) is 11.5 Å². The summed E-state index contributed by atoms with van der Waals surface area (Å²) in [5, 5.41) is 5.49. The predicted molar refractivity (Wildman–Crippen MR) is 118 cm³/mol. The first-order chi connectivity index (χ1) is 14.5. The lowest BCUT2D eigenvalue weighted by molar-refractivity contribution is -0.0241. The standard InChI is InChI=1S/C22H28N2O5S/c1-16(27-17(2)23-21(25)28-18-10-6-4-7-11-18)20(14-15-30-3)24-22(26)29-19-12-8-5-9-13-19/h4-13,16-17,20H,14-15H2,1-3H3,(H,23,25)(H,24,26)/t16-,17?,20?/m0/s1. The summed E-state index contributed by atoms with van der Waals surface area (Å²) < 4.78 is 16.4. The lowest BCUT2D eigenvalue weighted by Crippen LogP contribution is -2.48. The molecule has 0 radical (unpaired) electrons. The Labute approximate surface area is 181 Å². The van der Waals surface area contributed by atoms with E-state index in [2.05, 4.69) is 10.6 Å². The zero-order valence-corrected chi connectivity index (χ0v) is 18.2. The average Bonchev–Trinajstić information content (AvgIpc) is 2.72. The van der Waals surface area contributed by atoms with Crippen molar-refractivity contribution in [3.05, 3.63) is 60.7 Å². The van der Waals surface area contributed by atoms with E-state index in [1.807, 2.05) is 25.3 Å². The largest absolute Gasteiger partial charge is 0.414 e. The van der Waals surface area contributed by atoms with E-state index in [-0.39, 0.29) is 12.1 Å². The van der Waals surface area contributed by atoms with Crippen LogP contribution in [-0.2, 0) is 4.74 Å². The van der Waals surface area contributed by atoms with Crippen LogP contribution in [0.1, 0.15) is 20.3 Å². The van der Waals surface area contributed by atoms with Crippen LogP contribution in [0.2, 0.25) is 0 Å². The number of nitrogens with one attached hydrogen (secondary N) is 2. The first kappa shape index (κ1) is 23.6. The minimum absolute atomic E-state index is 0.289. The van der Waals surface area contributed by atoms with Crippen molar-refractivity contribution in [1.82, 2.24) is 10.6 Å². The number of hydrogen-bond donors (Lipinski definition) is 2. The molecule has 162 valence electrons. The summed E-state index contributed by atoms with van der Waals surface area (Å²) in [4.78, 5) is 24.3. The number of carbonyl (C=O) groups is 2. The molecule has 0 fully saturated rings. The molecule has 2 amide bonds. The third kappa shape index (κ3) is 8.75. The van der Waals surface area contributed by atoms with Gasteiger partial charge in [0.1, 0.15) is 17.7 Å². The van der Waals surface area contributed by atoms with Gasteiger partial charge in [-0.15, -0.1) is 0 Å². The molecule has 0 saturated heterocycles. The molecule has 2 N–H and O–H groups in total. The lowest BCUT2D eigenvalue weighted by atomic mass is 10.1. The zero-order valence-electron chi connectivity index (χ0n) is 17.4. The number of para-hydroxylation sites is 2. The minimum Gasteiger partial charge on any atom is -0.410 e. The molecular formula is C22H28N2O5S. The molecule has 2 unspecified atom stereocenters. The Morgan fingerprint density at radius 1 is 0.867 bits per heavy atom. The Hall–Kier alpha value is -2.71. The van der Waals surface area contributed by atoms with Crippen LogP contribution in [0.4, 0.5) is 9.59 Å². The van der Waals surface area contributed by atoms with Crippen molar-refractivity contribution in [2.24, 2.45) is 0 Å². The molecule has 8 heteroatoms. The molecule has 30 heavy (non-hydrogen) atoms. The van der Waals surface area contributed by atoms with Crippen molar-refractivity contribution in [3.63, 3.8) is 0 Å². The second-order valence-corrected chi connectivity index (χ2v) is 7.55. The average molecular weight is 433 g/mol. The highest BCUT2D eigenvalue weighted by Crippen LogP contribution is 2.13. The van der Waals surface area contributed by atoms with Gasteiger partial charge < -0.3 is 19.5 Å². The third-order valence-corrected chi connectivity index (χ3v) is 4.79. The summed E-state index contributed by atoms with van der Waals surface area (Å²) in [5.74, 6) is 1.74. The van der Waals surface area contributed by atoms with Crippen LogP contribution in [0, 0.1) is 0 Å². The van der Waals surface area contributed by atoms with Crippen molar-refractivity contribution in [2.45, 2.75) is 38.6 Å². The normalized spacial score (nSPS) is 13.6. The Bertz CT molecular complexity index is 776. The molecule has 0 bridgehead atoms. The van der Waals surface area contributed by atoms with Gasteiger partial charge in [-0.3, -0.25) is 5.32 Å². The molecule has 7 nitrogen and oxygen atoms in total. The Morgan fingerprint density at radius 2 is 1.37 bits per heavy atom. The highest BCUT2D eigenvalue weighted by atomic mass is 32.2. The van der Waals surface area contributed by atoms with Gasteiger partial charge in [-0.05, 0) is 56.5 Å². The van der Waals surface area contributed by atoms with Crippen LogP contribution in [0.15, 0.2) is 60.7 Å². The molecule has 3 atom stereocenters. The van der Waals surface area contributed by atoms with E-state index in [0.717, 1.165) is 5.75 Å². The quantitative estimate of drug-likeness (QED) is 0.540. The monoisotopic (exact) mass is 432 g/mol. The molecule has 0 spiro atoms. The molecule has 2 aromatic carbocycles. The van der Waals surface area contributed by atoms with E-state index in [1.165, 1.54) is 0 Å². The highest BCUT2D eigenvalue weighted by molar-refractivity contribution is 7.98. The van der Waals surface area contributed by atoms with Crippen molar-refractivity contribution in [2.75, 3.05) is 12.0 Å². The van der Waals surface area contributed by atoms with Gasteiger partial charge in [0.15, 0.2) is 0 Å². The first-order valence-corrected chi connectivity index (χ1v) is 11.1. The van der Waals surface area contributed by atoms with Crippen LogP contribution in [-0.4, -0.2) is 42.6 Å². The van der Waals surface area contributed by atoms with Crippen LogP contribution < -0.4 is 20.1 Å². The van der Waals surface area contributed by atoms with Gasteiger partial charge in [0.25, 0.3) is 0 Å². The fraction of sp³-hybridized carbons (Fsp3) is 0.364. The van der Waals surface area contributed by atoms with E-state index in [9.17, 15) is 9.59 Å². The topological polar surface area (TPSA) is 85.9 Å². The molecule has 2 rings (SSSR count). The Kier molecular flexibility index (Phi) is 10.0. The molecular weight excluding hydrogens is 404 g/mol. The van der Waals surface area contributed by atoms with Crippen molar-refractivity contribution in [1.29, 1.82) is 0 Å². The number of rotatable bonds is 10. The van der Waals surface area contributed by atoms with Gasteiger partial charge >= 0.3 is 12.2 Å². The van der Waals surface area contributed by atoms with E-state index < -0.39 is 18.4 Å². The zero-order chi connectivity index (χ0) is 21.8. The lowest BCUT2D eigenvalue weighted by Gasteiger charge is -2.27. The van der Waals surface area contributed by atoms with Crippen LogP contribution in [0.3, 0.4) is 0 Å². The molecule has 2 aromatic rings. The van der Waals surface area contributed by atoms with Gasteiger partial charge in [0.2, 0.25) is 0 Å². The summed E-state index contributed by atoms with van der Waals surface area (Å²) in [5.41, 5.74) is 0. The first-order valence-electron chi connectivity index (χ1n) is 9.69. The van der Waals surface area contributed by atoms with E-state index >= 15 is 0 Å². The summed E-state index contributed by atoms with van der Waals surface area (Å²) in [7, 11) is 0. The second kappa shape index (κ2) is 12.8. The molecule has 0 aliphatic heterocycles. The Morgan fingerprint density at radius 3 is 1.87 bits per heavy atom. The fourth-order valence-corrected chi connectivity index (χ4v) is 3.18. The molecule has 0 heterocycles. The minimum atomic E-state index is -0.613. The number of hydrogen-bond acceptors (Lipinski definition) is 6. The number of benzene rings is 2. The predicted octanol–water partition coefficient (Wildman–Crippen LogP) is 4.44. The fourth-order valence-electron chi connectivity index (χ4n) is 2.69. The van der Waals surface area contributed by atoms with Crippen molar-refractivity contribution < 1.29 is 23.8 Å². The maximum absolute atomic E-state index is 12.3. The van der Waals surface area contributed by atoms with Gasteiger partial charge in [-0.25, -0.2) is 9.59 Å². The summed E-state index contributed by atoms with van der Waals surface area (Å²) in [6.07, 6.45) is 0.541. The SMILES string of the molecule is CSCCC(NC(=O)Oc1ccccc1)[C@H](C)OC(C)NC(=O)Oc1ccccc1. The van der Waals surface area contributed by atoms with Gasteiger partial charge in [-0.1, -0.05) is 36.4 Å². The third-order valence-electron chi connectivity index (χ3n) is 4.15. The van der Waals surface area contributed by atoms with Crippen molar-refractivity contribution in [3.8, 4) is 11.5 Å². The van der Waals surface area contributed by atoms with Gasteiger partial charge in [-0.2, -0.15) is 11.8 Å². The van der Waals surface area contributed by atoms with Gasteiger partial charge in [0, 0.05) is 0 Å². The van der Waals surface area contributed by atoms with Crippen LogP contribution >= 0.6 is 11.8 Å². The maximum atomic E-state index is 12.3. The Balaban J connectivity index is 1.85. The molecule has 0 aliphatic rings. The highest BCUT2D eigenvalue weighted by Gasteiger charge is 2.23. The molecule has 0 aliphatic carbocycles. The second-order valence-electron chi connectivity index (χ2n) is 6.57. The summed E-state index contributed by atoms with van der Waals surface area (Å²) in [6, 6.07) is 17.3. The summed E-state index contributed by atoms with van der Waals surface area (Å²) >= 11 is 1.67. The number of ether oxygens (including phenoxy) is 3. The van der Waals surface area contributed by atoms with E-state index in [4.69, 9.17) is 14.2 Å².